The van der Waals surface area contributed by atoms with Crippen molar-refractivity contribution in [2.24, 2.45) is 0 Å². The number of ether oxygens (including phenoxy) is 2. The molecule has 0 fully saturated rings. The van der Waals surface area contributed by atoms with Gasteiger partial charge >= 0.3 is 12.3 Å². The van der Waals surface area contributed by atoms with Crippen LogP contribution in [-0.4, -0.2) is 27.4 Å². The molecule has 0 amide bonds. The molecule has 1 heterocycles. The quantitative estimate of drug-likeness (QED) is 0.935. The van der Waals surface area contributed by atoms with Crippen LogP contribution in [0.1, 0.15) is 10.5 Å². The molecular weight excluding hydrogens is 293 g/mol. The maximum atomic E-state index is 12.0. The molecule has 2 rings (SSSR count). The van der Waals surface area contributed by atoms with Gasteiger partial charge in [-0.05, 0) is 24.3 Å². The van der Waals surface area contributed by atoms with Gasteiger partial charge in [-0.2, -0.15) is 0 Å². The van der Waals surface area contributed by atoms with Crippen LogP contribution in [0.4, 0.5) is 13.2 Å². The van der Waals surface area contributed by atoms with Crippen molar-refractivity contribution in [1.82, 2.24) is 9.97 Å². The SMILES string of the molecule is O=C(O)c1cnc(Oc2ccc(OC(F)(F)F)cc2)cn1. The number of aromatic nitrogens is 2. The predicted octanol–water partition coefficient (Wildman–Crippen LogP) is 2.87. The molecule has 0 bridgehead atoms. The third-order valence-corrected chi connectivity index (χ3v) is 2.13. The van der Waals surface area contributed by atoms with Crippen LogP contribution in [0.15, 0.2) is 36.7 Å². The summed E-state index contributed by atoms with van der Waals surface area (Å²) in [4.78, 5) is 17.9. The van der Waals surface area contributed by atoms with Crippen molar-refractivity contribution in [3.8, 4) is 17.4 Å². The lowest BCUT2D eigenvalue weighted by Gasteiger charge is -2.09. The van der Waals surface area contributed by atoms with Crippen molar-refractivity contribution in [2.45, 2.75) is 6.36 Å². The van der Waals surface area contributed by atoms with Crippen molar-refractivity contribution in [3.63, 3.8) is 0 Å². The zero-order valence-corrected chi connectivity index (χ0v) is 10.2. The van der Waals surface area contributed by atoms with E-state index in [2.05, 4.69) is 14.7 Å². The molecule has 0 aliphatic carbocycles. The highest BCUT2D eigenvalue weighted by molar-refractivity contribution is 5.84. The van der Waals surface area contributed by atoms with Crippen molar-refractivity contribution in [3.05, 3.63) is 42.4 Å². The van der Waals surface area contributed by atoms with Gasteiger partial charge in [0.25, 0.3) is 0 Å². The summed E-state index contributed by atoms with van der Waals surface area (Å²) in [5.41, 5.74) is -0.253. The Morgan fingerprint density at radius 1 is 1.05 bits per heavy atom. The molecule has 0 saturated heterocycles. The summed E-state index contributed by atoms with van der Waals surface area (Å²) in [6, 6.07) is 4.63. The van der Waals surface area contributed by atoms with Crippen molar-refractivity contribution < 1.29 is 32.5 Å². The van der Waals surface area contributed by atoms with Crippen LogP contribution in [0.25, 0.3) is 0 Å². The van der Waals surface area contributed by atoms with E-state index < -0.39 is 12.3 Å². The molecule has 0 saturated carbocycles. The normalized spacial score (nSPS) is 11.0. The topological polar surface area (TPSA) is 81.5 Å². The van der Waals surface area contributed by atoms with Gasteiger partial charge in [0, 0.05) is 0 Å². The Kier molecular flexibility index (Phi) is 3.92. The minimum atomic E-state index is -4.76. The van der Waals surface area contributed by atoms with Crippen molar-refractivity contribution in [2.75, 3.05) is 0 Å². The average Bonchev–Trinajstić information content (AvgIpc) is 2.40. The minimum Gasteiger partial charge on any atom is -0.476 e. The summed E-state index contributed by atoms with van der Waals surface area (Å²) in [7, 11) is 0. The van der Waals surface area contributed by atoms with Crippen LogP contribution in [0, 0.1) is 0 Å². The number of hydrogen-bond donors (Lipinski definition) is 1. The van der Waals surface area contributed by atoms with Crippen LogP contribution in [0.2, 0.25) is 0 Å². The number of benzene rings is 1. The summed E-state index contributed by atoms with van der Waals surface area (Å²) in [5.74, 6) is -1.42. The molecule has 0 aliphatic rings. The standard InChI is InChI=1S/C12H7F3N2O4/c13-12(14,15)21-8-3-1-7(2-4-8)20-10-6-16-9(5-17-10)11(18)19/h1-6H,(H,18,19). The monoisotopic (exact) mass is 300 g/mol. The molecule has 9 heteroatoms. The van der Waals surface area contributed by atoms with Gasteiger partial charge in [0.05, 0.1) is 12.4 Å². The predicted molar refractivity (Wildman–Crippen MR) is 62.2 cm³/mol. The van der Waals surface area contributed by atoms with E-state index in [9.17, 15) is 18.0 Å². The molecule has 0 radical (unpaired) electrons. The van der Waals surface area contributed by atoms with Gasteiger partial charge in [-0.15, -0.1) is 13.2 Å². The Morgan fingerprint density at radius 2 is 1.67 bits per heavy atom. The Hall–Kier alpha value is -2.84. The molecular formula is C12H7F3N2O4. The lowest BCUT2D eigenvalue weighted by Crippen LogP contribution is -2.16. The average molecular weight is 300 g/mol. The number of nitrogens with zero attached hydrogens (tertiary/aromatic N) is 2. The molecule has 1 N–H and O–H groups in total. The smallest absolute Gasteiger partial charge is 0.476 e. The largest absolute Gasteiger partial charge is 0.573 e. The Morgan fingerprint density at radius 3 is 2.14 bits per heavy atom. The zero-order chi connectivity index (χ0) is 15.5. The fraction of sp³-hybridized carbons (Fsp3) is 0.0833. The van der Waals surface area contributed by atoms with E-state index in [1.807, 2.05) is 0 Å². The number of alkyl halides is 3. The maximum absolute atomic E-state index is 12.0. The summed E-state index contributed by atoms with van der Waals surface area (Å²) in [6.07, 6.45) is -2.68. The van der Waals surface area contributed by atoms with Crippen molar-refractivity contribution >= 4 is 5.97 Å². The fourth-order valence-corrected chi connectivity index (χ4v) is 1.31. The van der Waals surface area contributed by atoms with Gasteiger partial charge in [-0.3, -0.25) is 0 Å². The van der Waals surface area contributed by atoms with E-state index in [4.69, 9.17) is 9.84 Å². The molecule has 1 aromatic carbocycles. The number of carboxylic acids is 1. The number of halogens is 3. The zero-order valence-electron chi connectivity index (χ0n) is 10.2. The molecule has 0 aliphatic heterocycles. The van der Waals surface area contributed by atoms with Crippen LogP contribution in [0.5, 0.6) is 17.4 Å². The van der Waals surface area contributed by atoms with Crippen LogP contribution in [-0.2, 0) is 0 Å². The Balaban J connectivity index is 2.04. The van der Waals surface area contributed by atoms with E-state index in [-0.39, 0.29) is 23.1 Å². The number of carbonyl (C=O) groups is 1. The second-order valence-electron chi connectivity index (χ2n) is 3.67. The van der Waals surface area contributed by atoms with Crippen LogP contribution >= 0.6 is 0 Å². The molecule has 0 atom stereocenters. The van der Waals surface area contributed by atoms with Crippen molar-refractivity contribution in [1.29, 1.82) is 0 Å². The van der Waals surface area contributed by atoms with Crippen LogP contribution < -0.4 is 9.47 Å². The first-order valence-electron chi connectivity index (χ1n) is 5.42. The Labute approximate surface area is 115 Å². The molecule has 0 unspecified atom stereocenters. The van der Waals surface area contributed by atoms with E-state index in [1.165, 1.54) is 12.1 Å². The van der Waals surface area contributed by atoms with Gasteiger partial charge in [0.1, 0.15) is 11.5 Å². The van der Waals surface area contributed by atoms with E-state index in [0.29, 0.717) is 0 Å². The molecule has 110 valence electrons. The number of hydrogen-bond acceptors (Lipinski definition) is 5. The molecule has 6 nitrogen and oxygen atoms in total. The highest BCUT2D eigenvalue weighted by Crippen LogP contribution is 2.26. The third-order valence-electron chi connectivity index (χ3n) is 2.13. The fourth-order valence-electron chi connectivity index (χ4n) is 1.31. The molecule has 21 heavy (non-hydrogen) atoms. The summed E-state index contributed by atoms with van der Waals surface area (Å²) in [5, 5.41) is 8.64. The second-order valence-corrected chi connectivity index (χ2v) is 3.67. The highest BCUT2D eigenvalue weighted by Gasteiger charge is 2.30. The van der Waals surface area contributed by atoms with Gasteiger partial charge in [-0.25, -0.2) is 14.8 Å². The van der Waals surface area contributed by atoms with Gasteiger partial charge in [0.15, 0.2) is 5.69 Å². The lowest BCUT2D eigenvalue weighted by atomic mass is 10.3. The molecule has 1 aromatic heterocycles. The third kappa shape index (κ3) is 4.34. The second kappa shape index (κ2) is 5.65. The van der Waals surface area contributed by atoms with E-state index in [1.54, 1.807) is 0 Å². The first-order valence-corrected chi connectivity index (χ1v) is 5.42. The van der Waals surface area contributed by atoms with Gasteiger partial charge < -0.3 is 14.6 Å². The molecule has 2 aromatic rings. The summed E-state index contributed by atoms with van der Waals surface area (Å²) >= 11 is 0. The Bertz CT molecular complexity index is 626. The summed E-state index contributed by atoms with van der Waals surface area (Å²) < 4.78 is 44.8. The first-order chi connectivity index (χ1) is 9.83. The van der Waals surface area contributed by atoms with E-state index in [0.717, 1.165) is 24.5 Å². The number of aromatic carboxylic acids is 1. The number of rotatable bonds is 4. The van der Waals surface area contributed by atoms with Gasteiger partial charge in [0.2, 0.25) is 5.88 Å². The highest BCUT2D eigenvalue weighted by atomic mass is 19.4. The molecule has 0 spiro atoms. The van der Waals surface area contributed by atoms with E-state index >= 15 is 0 Å². The summed E-state index contributed by atoms with van der Waals surface area (Å²) in [6.45, 7) is 0. The first kappa shape index (κ1) is 14.6. The number of carboxylic acid groups (broad SMARTS) is 1. The lowest BCUT2D eigenvalue weighted by molar-refractivity contribution is -0.274. The van der Waals surface area contributed by atoms with Gasteiger partial charge in [-0.1, -0.05) is 0 Å². The minimum absolute atomic E-state index is 0.00416. The van der Waals surface area contributed by atoms with Crippen LogP contribution in [0.3, 0.4) is 0 Å². The maximum Gasteiger partial charge on any atom is 0.573 e.